The molecule has 6 heteroatoms. The summed E-state index contributed by atoms with van der Waals surface area (Å²) in [6, 6.07) is 13.7. The largest absolute Gasteiger partial charge is 0.344 e. The lowest BCUT2D eigenvalue weighted by atomic mass is 9.97. The van der Waals surface area contributed by atoms with Crippen LogP contribution in [-0.4, -0.2) is 18.4 Å². The van der Waals surface area contributed by atoms with E-state index >= 15 is 0 Å². The number of hydrogen-bond donors (Lipinski definition) is 2. The molecule has 152 valence electrons. The second kappa shape index (κ2) is 10.9. The van der Waals surface area contributed by atoms with E-state index in [2.05, 4.69) is 10.6 Å². The highest BCUT2D eigenvalue weighted by Gasteiger charge is 2.18. The molecule has 0 spiro atoms. The Morgan fingerprint density at radius 2 is 1.72 bits per heavy atom. The van der Waals surface area contributed by atoms with Crippen molar-refractivity contribution in [3.63, 3.8) is 0 Å². The van der Waals surface area contributed by atoms with Crippen LogP contribution in [0.1, 0.15) is 42.2 Å². The predicted octanol–water partition coefficient (Wildman–Crippen LogP) is 4.62. The summed E-state index contributed by atoms with van der Waals surface area (Å²) in [7, 11) is 0. The van der Waals surface area contributed by atoms with Crippen LogP contribution in [0.15, 0.2) is 78.1 Å². The van der Waals surface area contributed by atoms with E-state index in [1.165, 1.54) is 37.3 Å². The lowest BCUT2D eigenvalue weighted by Crippen LogP contribution is -2.39. The molecule has 0 aliphatic carbocycles. The SMILES string of the molecule is CC/C=C(\C=C(/C)F)C(NC(=O)CNC(=O)c1ccc(F)cc1)c1ccccc1. The van der Waals surface area contributed by atoms with E-state index < -0.39 is 23.7 Å². The summed E-state index contributed by atoms with van der Waals surface area (Å²) < 4.78 is 26.5. The molecule has 0 fully saturated rings. The van der Waals surface area contributed by atoms with Crippen LogP contribution < -0.4 is 10.6 Å². The van der Waals surface area contributed by atoms with Crippen molar-refractivity contribution in [1.29, 1.82) is 0 Å². The molecule has 2 aromatic carbocycles. The van der Waals surface area contributed by atoms with Gasteiger partial charge in [-0.1, -0.05) is 43.3 Å². The van der Waals surface area contributed by atoms with Gasteiger partial charge in [0.1, 0.15) is 5.82 Å². The number of halogens is 2. The van der Waals surface area contributed by atoms with Crippen LogP contribution in [0.25, 0.3) is 0 Å². The van der Waals surface area contributed by atoms with Gasteiger partial charge in [0, 0.05) is 5.56 Å². The van der Waals surface area contributed by atoms with Gasteiger partial charge in [0.25, 0.3) is 5.91 Å². The summed E-state index contributed by atoms with van der Waals surface area (Å²) in [6.45, 7) is 3.00. The van der Waals surface area contributed by atoms with Gasteiger partial charge in [0.05, 0.1) is 18.4 Å². The average Bonchev–Trinajstić information content (AvgIpc) is 2.71. The number of hydrogen-bond acceptors (Lipinski definition) is 2. The summed E-state index contributed by atoms with van der Waals surface area (Å²) in [5.74, 6) is -1.73. The molecule has 2 amide bonds. The van der Waals surface area contributed by atoms with Crippen LogP contribution in [0.3, 0.4) is 0 Å². The first-order valence-corrected chi connectivity index (χ1v) is 9.32. The molecule has 2 aromatic rings. The Labute approximate surface area is 169 Å². The van der Waals surface area contributed by atoms with E-state index in [-0.39, 0.29) is 17.9 Å². The summed E-state index contributed by atoms with van der Waals surface area (Å²) in [6.07, 6.45) is 3.90. The molecule has 0 aliphatic heterocycles. The van der Waals surface area contributed by atoms with Gasteiger partial charge >= 0.3 is 0 Å². The number of amides is 2. The third-order valence-electron chi connectivity index (χ3n) is 4.09. The molecule has 2 rings (SSSR count). The molecule has 0 aliphatic rings. The van der Waals surface area contributed by atoms with Crippen molar-refractivity contribution < 1.29 is 18.4 Å². The molecule has 4 nitrogen and oxygen atoms in total. The van der Waals surface area contributed by atoms with Crippen molar-refractivity contribution in [1.82, 2.24) is 10.6 Å². The number of benzene rings is 2. The van der Waals surface area contributed by atoms with Gasteiger partial charge in [0.2, 0.25) is 5.91 Å². The fourth-order valence-corrected chi connectivity index (χ4v) is 2.81. The maximum atomic E-state index is 13.6. The van der Waals surface area contributed by atoms with Crippen molar-refractivity contribution >= 4 is 11.8 Å². The molecule has 0 radical (unpaired) electrons. The molecule has 2 N–H and O–H groups in total. The van der Waals surface area contributed by atoms with E-state index in [1.807, 2.05) is 43.3 Å². The molecular weight excluding hydrogens is 374 g/mol. The van der Waals surface area contributed by atoms with Gasteiger partial charge in [-0.05, 0) is 54.8 Å². The quantitative estimate of drug-likeness (QED) is 0.638. The van der Waals surface area contributed by atoms with Crippen molar-refractivity contribution in [2.75, 3.05) is 6.54 Å². The van der Waals surface area contributed by atoms with Gasteiger partial charge in [-0.15, -0.1) is 0 Å². The minimum Gasteiger partial charge on any atom is -0.344 e. The Hall–Kier alpha value is -3.28. The standard InChI is InChI=1S/C23H24F2N2O2/c1-3-7-19(14-16(2)24)22(17-8-5-4-6-9-17)27-21(28)15-26-23(29)18-10-12-20(25)13-11-18/h4-14,22H,3,15H2,1-2H3,(H,26,29)(H,27,28)/b16-14+,19-7+. The van der Waals surface area contributed by atoms with Crippen LogP contribution in [-0.2, 0) is 4.79 Å². The van der Waals surface area contributed by atoms with E-state index in [0.29, 0.717) is 12.0 Å². The Bertz CT molecular complexity index is 887. The van der Waals surface area contributed by atoms with Gasteiger partial charge in [-0.3, -0.25) is 9.59 Å². The number of nitrogens with one attached hydrogen (secondary N) is 2. The molecule has 0 heterocycles. The average molecular weight is 398 g/mol. The van der Waals surface area contributed by atoms with Crippen molar-refractivity contribution in [3.05, 3.63) is 95.1 Å². The van der Waals surface area contributed by atoms with Crippen LogP contribution in [0, 0.1) is 5.82 Å². The van der Waals surface area contributed by atoms with Crippen LogP contribution in [0.2, 0.25) is 0 Å². The highest BCUT2D eigenvalue weighted by molar-refractivity contribution is 5.96. The first-order valence-electron chi connectivity index (χ1n) is 9.32. The summed E-state index contributed by atoms with van der Waals surface area (Å²) in [5.41, 5.74) is 1.67. The lowest BCUT2D eigenvalue weighted by Gasteiger charge is -2.21. The number of carbonyl (C=O) groups is 2. The van der Waals surface area contributed by atoms with Crippen molar-refractivity contribution in [2.45, 2.75) is 26.3 Å². The second-order valence-electron chi connectivity index (χ2n) is 6.44. The Morgan fingerprint density at radius 3 is 2.31 bits per heavy atom. The van der Waals surface area contributed by atoms with E-state index in [9.17, 15) is 18.4 Å². The number of rotatable bonds is 8. The Balaban J connectivity index is 2.12. The summed E-state index contributed by atoms with van der Waals surface area (Å²) in [5, 5.41) is 5.35. The fraction of sp³-hybridized carbons (Fsp3) is 0.217. The molecule has 1 unspecified atom stereocenters. The zero-order valence-electron chi connectivity index (χ0n) is 16.4. The third-order valence-corrected chi connectivity index (χ3v) is 4.09. The summed E-state index contributed by atoms with van der Waals surface area (Å²) in [4.78, 5) is 24.6. The van der Waals surface area contributed by atoms with Gasteiger partial charge in [-0.2, -0.15) is 0 Å². The smallest absolute Gasteiger partial charge is 0.251 e. The van der Waals surface area contributed by atoms with E-state index in [4.69, 9.17) is 0 Å². The van der Waals surface area contributed by atoms with Crippen molar-refractivity contribution in [2.24, 2.45) is 0 Å². The first kappa shape index (κ1) is 22.0. The number of carbonyl (C=O) groups excluding carboxylic acids is 2. The van der Waals surface area contributed by atoms with Crippen LogP contribution >= 0.6 is 0 Å². The fourth-order valence-electron chi connectivity index (χ4n) is 2.81. The third kappa shape index (κ3) is 6.99. The van der Waals surface area contributed by atoms with Gasteiger partial charge in [0.15, 0.2) is 0 Å². The maximum absolute atomic E-state index is 13.6. The molecule has 29 heavy (non-hydrogen) atoms. The molecule has 0 saturated heterocycles. The predicted molar refractivity (Wildman–Crippen MR) is 109 cm³/mol. The maximum Gasteiger partial charge on any atom is 0.251 e. The highest BCUT2D eigenvalue weighted by Crippen LogP contribution is 2.24. The van der Waals surface area contributed by atoms with Gasteiger partial charge in [-0.25, -0.2) is 8.78 Å². The zero-order chi connectivity index (χ0) is 21.2. The minimum atomic E-state index is -0.558. The Kier molecular flexibility index (Phi) is 8.27. The Morgan fingerprint density at radius 1 is 1.07 bits per heavy atom. The van der Waals surface area contributed by atoms with Crippen molar-refractivity contribution in [3.8, 4) is 0 Å². The monoisotopic (exact) mass is 398 g/mol. The first-order chi connectivity index (χ1) is 13.9. The summed E-state index contributed by atoms with van der Waals surface area (Å²) >= 11 is 0. The topological polar surface area (TPSA) is 58.2 Å². The minimum absolute atomic E-state index is 0.251. The van der Waals surface area contributed by atoms with Crippen LogP contribution in [0.5, 0.6) is 0 Å². The molecule has 0 saturated carbocycles. The van der Waals surface area contributed by atoms with E-state index in [0.717, 1.165) is 5.56 Å². The normalized spacial score (nSPS) is 13.0. The van der Waals surface area contributed by atoms with Crippen LogP contribution in [0.4, 0.5) is 8.78 Å². The second-order valence-corrected chi connectivity index (χ2v) is 6.44. The molecule has 0 aromatic heterocycles. The number of allylic oxidation sites excluding steroid dienone is 2. The van der Waals surface area contributed by atoms with Gasteiger partial charge < -0.3 is 10.6 Å². The van der Waals surface area contributed by atoms with E-state index in [1.54, 1.807) is 0 Å². The lowest BCUT2D eigenvalue weighted by molar-refractivity contribution is -0.120. The molecule has 1 atom stereocenters. The zero-order valence-corrected chi connectivity index (χ0v) is 16.4. The molecular formula is C23H24F2N2O2. The highest BCUT2D eigenvalue weighted by atomic mass is 19.1. The molecule has 0 bridgehead atoms.